The van der Waals surface area contributed by atoms with Crippen molar-refractivity contribution in [3.8, 4) is 23.3 Å². The molecule has 2 amide bonds. The Morgan fingerprint density at radius 3 is 1.86 bits per heavy atom. The van der Waals surface area contributed by atoms with Gasteiger partial charge in [0.25, 0.3) is 10.0 Å². The molecule has 34 heteroatoms. The van der Waals surface area contributed by atoms with Crippen molar-refractivity contribution in [3.05, 3.63) is 93.5 Å². The molecule has 4 aromatic rings. The molecule has 0 saturated carbocycles. The van der Waals surface area contributed by atoms with E-state index >= 15 is 0 Å². The number of carbonyl (C=O) groups is 5. The second-order valence-corrected chi connectivity index (χ2v) is 19.6. The van der Waals surface area contributed by atoms with Crippen molar-refractivity contribution in [1.29, 1.82) is 0 Å². The number of aromatic nitrogens is 2. The van der Waals surface area contributed by atoms with Crippen LogP contribution in [0.1, 0.15) is 33.2 Å². The van der Waals surface area contributed by atoms with Gasteiger partial charge < -0.3 is 48.6 Å². The number of nitrogens with one attached hydrogen (secondary N) is 3. The number of hydrogen-bond acceptors (Lipinski definition) is 16. The van der Waals surface area contributed by atoms with Gasteiger partial charge in [0.2, 0.25) is 17.7 Å². The molecular weight excluding hydrogens is 1090 g/mol. The molecule has 1 aromatic heterocycles. The minimum absolute atomic E-state index is 0.0246. The summed E-state index contributed by atoms with van der Waals surface area (Å²) < 4.78 is 141. The molecular formula is C37H37Cl2F7N5O17PS2. The lowest BCUT2D eigenvalue weighted by molar-refractivity contribution is -0.193. The number of carboxylic acids is 3. The Labute approximate surface area is 408 Å². The fourth-order valence-corrected chi connectivity index (χ4v) is 6.05. The van der Waals surface area contributed by atoms with Gasteiger partial charge in [-0.25, -0.2) is 32.3 Å². The molecule has 0 aliphatic rings. The van der Waals surface area contributed by atoms with Crippen LogP contribution in [0.2, 0.25) is 10.0 Å². The standard InChI is InChI=1S/C17H11Cl2F3O5.C14H10F4N4O7S.C3H8NO5P.C3H9S/c1-8(15(23)24)26-16(25)11-7-10(3-4-12(11)18)27-14-5-2-9(6-13(14)19)17(20,21)22;15-11(16)28-8-5-9(29-12(17)18)20-13(19-8)21-14(25)22-30(26,27)7-4-2-1-3-6(7)10(23)24;5-3(6)1-4-2-10(7,8)9;1-4(2)3/h2-8H,1H3,(H,23,24);1-5,11-12H,(H,23,24)(H2,19,20,21,22,25);4H,1-2H2,(H,5,6)(H2,7,8,9);1-3H3/q;;;+1/p-1/t8-;;;/m0.../s1. The zero-order valence-electron chi connectivity index (χ0n) is 36.2. The summed E-state index contributed by atoms with van der Waals surface area (Å²) in [6, 6.07) is 9.56. The summed E-state index contributed by atoms with van der Waals surface area (Å²) in [4.78, 5) is 79.4. The number of sulfonamides is 1. The van der Waals surface area contributed by atoms with Crippen LogP contribution >= 0.6 is 30.8 Å². The highest BCUT2D eigenvalue weighted by Crippen LogP contribution is 2.37. The number of hydrogen-bond donors (Lipinski definition) is 7. The Morgan fingerprint density at radius 2 is 1.39 bits per heavy atom. The summed E-state index contributed by atoms with van der Waals surface area (Å²) in [5.74, 6) is -8.01. The third-order valence-corrected chi connectivity index (χ3v) is 9.46. The van der Waals surface area contributed by atoms with Crippen LogP contribution in [-0.4, -0.2) is 119 Å². The Morgan fingerprint density at radius 1 is 0.845 bits per heavy atom. The molecule has 22 nitrogen and oxygen atoms in total. The van der Waals surface area contributed by atoms with Gasteiger partial charge in [-0.05, 0) is 66.3 Å². The highest BCUT2D eigenvalue weighted by atomic mass is 35.5. The molecule has 0 radical (unpaired) electrons. The molecule has 0 fully saturated rings. The van der Waals surface area contributed by atoms with E-state index in [1.54, 1.807) is 5.32 Å². The monoisotopic (exact) mass is 1120 g/mol. The van der Waals surface area contributed by atoms with Crippen molar-refractivity contribution >= 4 is 87.6 Å². The highest BCUT2D eigenvalue weighted by molar-refractivity contribution is 7.94. The first-order chi connectivity index (χ1) is 32.6. The summed E-state index contributed by atoms with van der Waals surface area (Å²) >= 11 is 11.7. The molecule has 0 aliphatic heterocycles. The van der Waals surface area contributed by atoms with E-state index in [-0.39, 0.29) is 27.1 Å². The second-order valence-electron chi connectivity index (χ2n) is 13.1. The van der Waals surface area contributed by atoms with Gasteiger partial charge in [-0.2, -0.15) is 40.7 Å². The van der Waals surface area contributed by atoms with E-state index in [1.807, 2.05) is 5.32 Å². The summed E-state index contributed by atoms with van der Waals surface area (Å²) in [7, 11) is -8.42. The van der Waals surface area contributed by atoms with Crippen molar-refractivity contribution < 1.29 is 112 Å². The molecule has 0 saturated heterocycles. The average Bonchev–Trinajstić information content (AvgIpc) is 3.20. The first-order valence-electron chi connectivity index (χ1n) is 18.3. The maximum absolute atomic E-state index is 12.7. The van der Waals surface area contributed by atoms with Crippen LogP contribution in [0.25, 0.3) is 0 Å². The van der Waals surface area contributed by atoms with Crippen molar-refractivity contribution in [2.75, 3.05) is 36.9 Å². The lowest BCUT2D eigenvalue weighted by Gasteiger charge is -2.14. The van der Waals surface area contributed by atoms with Gasteiger partial charge in [0, 0.05) is 0 Å². The van der Waals surface area contributed by atoms with Crippen LogP contribution < -0.4 is 34.5 Å². The number of rotatable bonds is 17. The normalized spacial score (nSPS) is 12.3. The Hall–Kier alpha value is -6.21. The fraction of sp³-hybridized carbons (Fsp3) is 0.270. The summed E-state index contributed by atoms with van der Waals surface area (Å²) in [6.07, 6.45) is -0.0815. The van der Waals surface area contributed by atoms with Crippen molar-refractivity contribution in [1.82, 2.24) is 20.0 Å². The van der Waals surface area contributed by atoms with E-state index < -0.39 is 120 Å². The van der Waals surface area contributed by atoms with Gasteiger partial charge in [0.05, 0.1) is 64.4 Å². The number of benzene rings is 3. The number of nitrogens with zero attached hydrogens (tertiary/aromatic N) is 2. The molecule has 7 N–H and O–H groups in total. The van der Waals surface area contributed by atoms with E-state index in [1.165, 1.54) is 29.0 Å². The zero-order valence-corrected chi connectivity index (χ0v) is 40.2. The van der Waals surface area contributed by atoms with Gasteiger partial charge in [-0.3, -0.25) is 15.4 Å². The minimum atomic E-state index is -4.71. The molecule has 0 aliphatic carbocycles. The SMILES string of the molecule is C[C@H](OC(=O)c1cc(Oc2ccc(C(F)(F)F)cc2Cl)ccc1Cl)C(=O)O.C[S+](C)C.O=C(Nc1nc(OC(F)F)cc(OC(F)F)n1)NS(=O)(=O)c1ccccc1C(=O)O.O=C(O)CNCP(=O)([O-])O. The first-order valence-corrected chi connectivity index (χ1v) is 24.7. The largest absolute Gasteiger partial charge is 0.778 e. The number of urea groups is 1. The van der Waals surface area contributed by atoms with E-state index in [4.69, 9.17) is 52.9 Å². The van der Waals surface area contributed by atoms with Crippen LogP contribution in [0.4, 0.5) is 41.5 Å². The topological polar surface area (TPSA) is 339 Å². The fourth-order valence-electron chi connectivity index (χ4n) is 4.13. The number of carbonyl (C=O) groups excluding carboxylic acids is 2. The van der Waals surface area contributed by atoms with Crippen LogP contribution in [0, 0.1) is 0 Å². The number of aromatic carboxylic acids is 1. The zero-order chi connectivity index (χ0) is 54.6. The van der Waals surface area contributed by atoms with Crippen molar-refractivity contribution in [2.24, 2.45) is 0 Å². The number of anilines is 1. The van der Waals surface area contributed by atoms with Gasteiger partial charge in [0.1, 0.15) is 24.0 Å². The molecule has 2 atom stereocenters. The van der Waals surface area contributed by atoms with E-state index in [0.717, 1.165) is 37.3 Å². The molecule has 4 rings (SSSR count). The Kier molecular flexibility index (Phi) is 25.3. The van der Waals surface area contributed by atoms with Crippen LogP contribution in [0.3, 0.4) is 0 Å². The Balaban J connectivity index is 0.000000563. The third-order valence-electron chi connectivity index (χ3n) is 6.82. The lowest BCUT2D eigenvalue weighted by Crippen LogP contribution is -2.35. The number of alkyl halides is 7. The number of carboxylic acid groups (broad SMARTS) is 3. The number of esters is 1. The maximum Gasteiger partial charge on any atom is 0.416 e. The maximum atomic E-state index is 12.7. The van der Waals surface area contributed by atoms with Crippen molar-refractivity contribution in [2.45, 2.75) is 37.3 Å². The average molecular weight is 1120 g/mol. The molecule has 0 spiro atoms. The molecule has 1 heterocycles. The molecule has 0 bridgehead atoms. The first kappa shape index (κ1) is 62.8. The smallest absolute Gasteiger partial charge is 0.416 e. The van der Waals surface area contributed by atoms with Crippen LogP contribution in [0.5, 0.6) is 23.3 Å². The van der Waals surface area contributed by atoms with Gasteiger partial charge in [0.15, 0.2) is 6.10 Å². The molecule has 1 unspecified atom stereocenters. The summed E-state index contributed by atoms with van der Waals surface area (Å²) in [6.45, 7) is -6.13. The quantitative estimate of drug-likeness (QED) is 0.0277. The van der Waals surface area contributed by atoms with Crippen molar-refractivity contribution in [3.63, 3.8) is 0 Å². The number of halogens is 9. The minimum Gasteiger partial charge on any atom is -0.778 e. The molecule has 3 aromatic carbocycles. The van der Waals surface area contributed by atoms with Gasteiger partial charge in [-0.1, -0.05) is 35.3 Å². The van der Waals surface area contributed by atoms with E-state index in [9.17, 15) is 72.6 Å². The second kappa shape index (κ2) is 28.6. The number of amides is 2. The predicted molar refractivity (Wildman–Crippen MR) is 234 cm³/mol. The highest BCUT2D eigenvalue weighted by Gasteiger charge is 2.31. The van der Waals surface area contributed by atoms with E-state index in [2.05, 4.69) is 38.2 Å². The molecule has 71 heavy (non-hydrogen) atoms. The van der Waals surface area contributed by atoms with E-state index in [0.29, 0.717) is 23.0 Å². The number of ether oxygens (including phenoxy) is 4. The van der Waals surface area contributed by atoms with Crippen LogP contribution in [-0.2, 0) is 46.0 Å². The number of aliphatic carboxylic acids is 2. The lowest BCUT2D eigenvalue weighted by atomic mass is 10.2. The Bertz CT molecular complexity index is 2630. The van der Waals surface area contributed by atoms with Gasteiger partial charge in [-0.15, -0.1) is 0 Å². The summed E-state index contributed by atoms with van der Waals surface area (Å²) in [5.41, 5.74) is -1.76. The van der Waals surface area contributed by atoms with Crippen LogP contribution in [0.15, 0.2) is 71.6 Å². The summed E-state index contributed by atoms with van der Waals surface area (Å²) in [5, 5.41) is 29.2. The predicted octanol–water partition coefficient (Wildman–Crippen LogP) is 5.98. The van der Waals surface area contributed by atoms with Gasteiger partial charge >= 0.3 is 49.3 Å². The third kappa shape index (κ3) is 25.0. The molecule has 392 valence electrons.